The summed E-state index contributed by atoms with van der Waals surface area (Å²) in [5.41, 5.74) is 13.0. The van der Waals surface area contributed by atoms with Crippen LogP contribution in [0.4, 0.5) is 17.1 Å². The average molecular weight is 766 g/mol. The van der Waals surface area contributed by atoms with E-state index in [1.54, 1.807) is 0 Å². The van der Waals surface area contributed by atoms with Crippen molar-refractivity contribution in [1.29, 1.82) is 0 Å². The highest BCUT2D eigenvalue weighted by atomic mass is 16.3. The van der Waals surface area contributed by atoms with Crippen LogP contribution in [-0.4, -0.2) is 6.71 Å². The summed E-state index contributed by atoms with van der Waals surface area (Å²) in [6.45, 7) is 6.82. The smallest absolute Gasteiger partial charge is 0.243 e. The Balaban J connectivity index is 1.16. The molecule has 1 aromatic heterocycles. The Bertz CT molecular complexity index is 3640. The Morgan fingerprint density at radius 1 is 0.400 bits per heavy atom. The topological polar surface area (TPSA) is 16.4 Å². The van der Waals surface area contributed by atoms with Crippen molar-refractivity contribution in [3.8, 4) is 0 Å². The molecule has 0 atom stereocenters. The zero-order valence-corrected chi connectivity index (χ0v) is 33.8. The Hall–Kier alpha value is -7.36. The van der Waals surface area contributed by atoms with Crippen molar-refractivity contribution in [2.24, 2.45) is 0 Å². The Labute approximate surface area is 349 Å². The first-order valence-electron chi connectivity index (χ1n) is 21.0. The van der Waals surface area contributed by atoms with Crippen LogP contribution < -0.4 is 21.3 Å². The quantitative estimate of drug-likeness (QED) is 0.124. The van der Waals surface area contributed by atoms with Crippen molar-refractivity contribution < 1.29 is 4.42 Å². The van der Waals surface area contributed by atoms with Crippen LogP contribution in [0, 0.1) is 20.8 Å². The third-order valence-corrected chi connectivity index (χ3v) is 13.0. The molecule has 0 aliphatic heterocycles. The Kier molecular flexibility index (Phi) is 7.71. The number of rotatable bonds is 6. The predicted octanol–water partition coefficient (Wildman–Crippen LogP) is 13.7. The molecule has 0 fully saturated rings. The monoisotopic (exact) mass is 765 g/mol. The molecule has 0 bridgehead atoms. The Morgan fingerprint density at radius 2 is 1.00 bits per heavy atom. The third kappa shape index (κ3) is 5.22. The molecule has 0 unspecified atom stereocenters. The van der Waals surface area contributed by atoms with Crippen molar-refractivity contribution >= 4 is 116 Å². The average Bonchev–Trinajstić information content (AvgIpc) is 3.67. The van der Waals surface area contributed by atoms with E-state index in [4.69, 9.17) is 4.42 Å². The molecular formula is C57H40BNO. The number of nitrogens with zero attached hydrogens (tertiary/aromatic N) is 1. The Morgan fingerprint density at radius 3 is 1.83 bits per heavy atom. The maximum atomic E-state index is 6.76. The van der Waals surface area contributed by atoms with Gasteiger partial charge >= 0.3 is 0 Å². The lowest BCUT2D eigenvalue weighted by atomic mass is 9.34. The number of para-hydroxylation sites is 2. The van der Waals surface area contributed by atoms with E-state index in [1.807, 2.05) is 6.07 Å². The van der Waals surface area contributed by atoms with E-state index in [2.05, 4.69) is 208 Å². The van der Waals surface area contributed by atoms with Gasteiger partial charge in [-0.05, 0) is 99.6 Å². The van der Waals surface area contributed by atoms with Gasteiger partial charge in [0.15, 0.2) is 5.58 Å². The van der Waals surface area contributed by atoms with Crippen LogP contribution in [-0.2, 0) is 0 Å². The van der Waals surface area contributed by atoms with Crippen molar-refractivity contribution in [2.75, 3.05) is 4.90 Å². The molecule has 282 valence electrons. The van der Waals surface area contributed by atoms with Gasteiger partial charge in [0.1, 0.15) is 5.58 Å². The molecule has 0 aliphatic carbocycles. The van der Waals surface area contributed by atoms with E-state index in [0.29, 0.717) is 0 Å². The second kappa shape index (κ2) is 13.3. The lowest BCUT2D eigenvalue weighted by Gasteiger charge is -2.28. The minimum atomic E-state index is 0.0283. The standard InChI is InChI=1S/C57H40BNO/c1-35-32-36(2)56(37(3)33-35)58(49-19-10-15-39-13-6-7-16-44(39)49)50-30-25-40-24-29-48-51(31-26-41-23-28-47(50)54(40)55(41)48)59(43-27-22-38-12-4-5-14-42(38)34-43)52-20-11-18-46-45-17-8-9-21-53(45)60-57(46)52/h4-34H,1-3H3. The van der Waals surface area contributed by atoms with Crippen LogP contribution in [0.3, 0.4) is 0 Å². The van der Waals surface area contributed by atoms with Crippen LogP contribution in [0.25, 0.3) is 75.8 Å². The summed E-state index contributed by atoms with van der Waals surface area (Å²) in [7, 11) is 0. The highest BCUT2D eigenvalue weighted by molar-refractivity contribution is 6.98. The van der Waals surface area contributed by atoms with Gasteiger partial charge in [0.25, 0.3) is 0 Å². The maximum absolute atomic E-state index is 6.76. The minimum absolute atomic E-state index is 0.0283. The zero-order valence-electron chi connectivity index (χ0n) is 33.8. The summed E-state index contributed by atoms with van der Waals surface area (Å²) in [5, 5.41) is 14.7. The predicted molar refractivity (Wildman–Crippen MR) is 259 cm³/mol. The van der Waals surface area contributed by atoms with Crippen LogP contribution in [0.5, 0.6) is 0 Å². The fourth-order valence-electron chi connectivity index (χ4n) is 10.5. The van der Waals surface area contributed by atoms with Gasteiger partial charge in [0.05, 0.1) is 11.4 Å². The van der Waals surface area contributed by atoms with Gasteiger partial charge in [-0.3, -0.25) is 0 Å². The van der Waals surface area contributed by atoms with E-state index < -0.39 is 0 Å². The van der Waals surface area contributed by atoms with Crippen LogP contribution >= 0.6 is 0 Å². The summed E-state index contributed by atoms with van der Waals surface area (Å²) in [4.78, 5) is 2.42. The molecule has 11 aromatic carbocycles. The van der Waals surface area contributed by atoms with E-state index in [1.165, 1.54) is 86.9 Å². The molecule has 0 aliphatic rings. The largest absolute Gasteiger partial charge is 0.454 e. The number of anilines is 3. The van der Waals surface area contributed by atoms with E-state index >= 15 is 0 Å². The van der Waals surface area contributed by atoms with E-state index in [-0.39, 0.29) is 6.71 Å². The zero-order chi connectivity index (χ0) is 40.1. The van der Waals surface area contributed by atoms with Crippen molar-refractivity contribution in [3.05, 3.63) is 205 Å². The van der Waals surface area contributed by atoms with Gasteiger partial charge in [0, 0.05) is 21.8 Å². The molecule has 0 N–H and O–H groups in total. The molecule has 0 radical (unpaired) electrons. The maximum Gasteiger partial charge on any atom is 0.243 e. The van der Waals surface area contributed by atoms with Gasteiger partial charge < -0.3 is 9.32 Å². The highest BCUT2D eigenvalue weighted by Crippen LogP contribution is 2.47. The molecular weight excluding hydrogens is 725 g/mol. The number of aryl methyl sites for hydroxylation is 3. The van der Waals surface area contributed by atoms with E-state index in [9.17, 15) is 0 Å². The number of furan rings is 1. The van der Waals surface area contributed by atoms with Crippen molar-refractivity contribution in [1.82, 2.24) is 0 Å². The number of hydrogen-bond donors (Lipinski definition) is 0. The SMILES string of the molecule is Cc1cc(C)c(B(c2cccc3ccccc23)c2ccc3ccc4c(N(c5ccc6ccccc6c5)c5cccc6c5oc5ccccc56)ccc5ccc2c3c54)c(C)c1. The molecule has 0 saturated carbocycles. The third-order valence-electron chi connectivity index (χ3n) is 13.0. The fourth-order valence-corrected chi connectivity index (χ4v) is 10.5. The number of benzene rings is 11. The second-order valence-corrected chi connectivity index (χ2v) is 16.6. The molecule has 1 heterocycles. The molecule has 12 aromatic rings. The van der Waals surface area contributed by atoms with Crippen LogP contribution in [0.15, 0.2) is 192 Å². The first kappa shape index (κ1) is 34.7. The number of hydrogen-bond acceptors (Lipinski definition) is 2. The van der Waals surface area contributed by atoms with Crippen LogP contribution in [0.1, 0.15) is 16.7 Å². The second-order valence-electron chi connectivity index (χ2n) is 16.6. The molecule has 12 rings (SSSR count). The summed E-state index contributed by atoms with van der Waals surface area (Å²) in [6, 6.07) is 69.5. The lowest BCUT2D eigenvalue weighted by molar-refractivity contribution is 0.669. The van der Waals surface area contributed by atoms with Gasteiger partial charge in [0.2, 0.25) is 6.71 Å². The summed E-state index contributed by atoms with van der Waals surface area (Å²) >= 11 is 0. The minimum Gasteiger partial charge on any atom is -0.454 e. The van der Waals surface area contributed by atoms with Gasteiger partial charge in [-0.15, -0.1) is 0 Å². The lowest BCUT2D eigenvalue weighted by Crippen LogP contribution is -2.54. The molecule has 3 heteroatoms. The van der Waals surface area contributed by atoms with Crippen LogP contribution in [0.2, 0.25) is 0 Å². The highest BCUT2D eigenvalue weighted by Gasteiger charge is 2.30. The van der Waals surface area contributed by atoms with Gasteiger partial charge in [-0.25, -0.2) is 0 Å². The summed E-state index contributed by atoms with van der Waals surface area (Å²) in [5.74, 6) is 0. The molecule has 0 amide bonds. The normalized spacial score (nSPS) is 11.9. The molecule has 60 heavy (non-hydrogen) atoms. The fraction of sp³-hybridized carbons (Fsp3) is 0.0526. The molecule has 0 saturated heterocycles. The van der Waals surface area contributed by atoms with Gasteiger partial charge in [-0.2, -0.15) is 0 Å². The molecule has 0 spiro atoms. The van der Waals surface area contributed by atoms with Crippen molar-refractivity contribution in [3.63, 3.8) is 0 Å². The van der Waals surface area contributed by atoms with Gasteiger partial charge in [-0.1, -0.05) is 191 Å². The first-order valence-corrected chi connectivity index (χ1v) is 21.0. The van der Waals surface area contributed by atoms with E-state index in [0.717, 1.165) is 39.0 Å². The molecule has 2 nitrogen and oxygen atoms in total. The summed E-state index contributed by atoms with van der Waals surface area (Å²) in [6.07, 6.45) is 0. The van der Waals surface area contributed by atoms with Crippen molar-refractivity contribution in [2.45, 2.75) is 20.8 Å². The summed E-state index contributed by atoms with van der Waals surface area (Å²) < 4.78 is 6.76. The first-order chi connectivity index (χ1) is 29.5. The number of fused-ring (bicyclic) bond motifs is 5.